The van der Waals surface area contributed by atoms with E-state index in [9.17, 15) is 4.79 Å². The van der Waals surface area contributed by atoms with Crippen LogP contribution in [-0.2, 0) is 0 Å². The lowest BCUT2D eigenvalue weighted by Crippen LogP contribution is -2.42. The summed E-state index contributed by atoms with van der Waals surface area (Å²) in [6, 6.07) is 15.9. The molecule has 1 saturated heterocycles. The molecular formula is C28H33N3O4. The Morgan fingerprint density at radius 2 is 1.83 bits per heavy atom. The smallest absolute Gasteiger partial charge is 0.324 e. The highest BCUT2D eigenvalue weighted by molar-refractivity contribution is 5.88. The van der Waals surface area contributed by atoms with Gasteiger partial charge in [-0.3, -0.25) is 5.32 Å². The molecule has 1 unspecified atom stereocenters. The second-order valence-corrected chi connectivity index (χ2v) is 9.05. The molecule has 0 aliphatic carbocycles. The van der Waals surface area contributed by atoms with E-state index in [2.05, 4.69) is 29.5 Å². The molecule has 0 saturated carbocycles. The van der Waals surface area contributed by atoms with Gasteiger partial charge in [-0.15, -0.1) is 0 Å². The third-order valence-electron chi connectivity index (χ3n) is 6.28. The minimum Gasteiger partial charge on any atom is -0.490 e. The highest BCUT2D eigenvalue weighted by Gasteiger charge is 2.25. The average molecular weight is 476 g/mol. The van der Waals surface area contributed by atoms with Crippen LogP contribution in [0.15, 0.2) is 58.6 Å². The van der Waals surface area contributed by atoms with Crippen LogP contribution >= 0.6 is 0 Å². The number of amides is 2. The number of piperidine rings is 1. The number of hydrogen-bond acceptors (Lipinski definition) is 5. The number of likely N-dealkylation sites (tertiary alicyclic amines) is 1. The van der Waals surface area contributed by atoms with Crippen molar-refractivity contribution in [3.63, 3.8) is 0 Å². The van der Waals surface area contributed by atoms with E-state index >= 15 is 0 Å². The van der Waals surface area contributed by atoms with E-state index in [4.69, 9.17) is 14.0 Å². The fourth-order valence-corrected chi connectivity index (χ4v) is 4.09. The van der Waals surface area contributed by atoms with Crippen LogP contribution in [0.3, 0.4) is 0 Å². The summed E-state index contributed by atoms with van der Waals surface area (Å²) >= 11 is 0. The van der Waals surface area contributed by atoms with Gasteiger partial charge in [0.1, 0.15) is 24.7 Å². The minimum atomic E-state index is -0.154. The van der Waals surface area contributed by atoms with E-state index in [0.29, 0.717) is 32.2 Å². The van der Waals surface area contributed by atoms with Crippen molar-refractivity contribution >= 4 is 18.0 Å². The Balaban J connectivity index is 1.29. The first kappa shape index (κ1) is 24.4. The van der Waals surface area contributed by atoms with Gasteiger partial charge in [-0.2, -0.15) is 0 Å². The monoisotopic (exact) mass is 475 g/mol. The molecule has 0 radical (unpaired) electrons. The maximum atomic E-state index is 12.7. The number of rotatable bonds is 7. The van der Waals surface area contributed by atoms with Gasteiger partial charge in [-0.05, 0) is 68.5 Å². The van der Waals surface area contributed by atoms with Gasteiger partial charge in [0.15, 0.2) is 0 Å². The average Bonchev–Trinajstić information content (AvgIpc) is 3.15. The van der Waals surface area contributed by atoms with Gasteiger partial charge in [-0.1, -0.05) is 48.0 Å². The molecule has 1 aromatic heterocycles. The fraction of sp³-hybridized carbons (Fsp3) is 0.357. The highest BCUT2D eigenvalue weighted by Crippen LogP contribution is 2.27. The SMILES string of the molecule is Cc1cccc(OCCOc2cccc(/C=C3\CCN(C(=O)Nc4onc(C)c4C)CC3C)c2)c1. The number of aryl methyl sites for hydroxylation is 2. The Hall–Kier alpha value is -3.74. The standard InChI is InChI=1S/C28H33N3O4/c1-19-7-5-9-25(15-19)33-13-14-34-26-10-6-8-23(17-26)16-24-11-12-31(18-20(24)2)28(32)29-27-21(3)22(4)30-35-27/h5-10,15-17,20H,11-14,18H2,1-4H3,(H,29,32)/b24-16+. The summed E-state index contributed by atoms with van der Waals surface area (Å²) < 4.78 is 16.9. The fourth-order valence-electron chi connectivity index (χ4n) is 4.09. The maximum absolute atomic E-state index is 12.7. The number of nitrogens with one attached hydrogen (secondary N) is 1. The van der Waals surface area contributed by atoms with Crippen LogP contribution in [0, 0.1) is 26.7 Å². The molecule has 184 valence electrons. The number of ether oxygens (including phenoxy) is 2. The highest BCUT2D eigenvalue weighted by atomic mass is 16.5. The third-order valence-corrected chi connectivity index (χ3v) is 6.28. The van der Waals surface area contributed by atoms with Crippen molar-refractivity contribution in [1.29, 1.82) is 0 Å². The lowest BCUT2D eigenvalue weighted by molar-refractivity contribution is 0.197. The van der Waals surface area contributed by atoms with Gasteiger partial charge in [0.05, 0.1) is 5.69 Å². The summed E-state index contributed by atoms with van der Waals surface area (Å²) in [5.41, 5.74) is 5.22. The van der Waals surface area contributed by atoms with Gasteiger partial charge >= 0.3 is 6.03 Å². The molecular weight excluding hydrogens is 442 g/mol. The molecule has 4 rings (SSSR count). The molecule has 1 N–H and O–H groups in total. The Kier molecular flexibility index (Phi) is 7.75. The second-order valence-electron chi connectivity index (χ2n) is 9.05. The van der Waals surface area contributed by atoms with Crippen molar-refractivity contribution in [3.8, 4) is 11.5 Å². The van der Waals surface area contributed by atoms with Crippen LogP contribution in [0.25, 0.3) is 6.08 Å². The van der Waals surface area contributed by atoms with Crippen LogP contribution in [0.1, 0.15) is 35.7 Å². The Bertz CT molecular complexity index is 1200. The van der Waals surface area contributed by atoms with Crippen molar-refractivity contribution in [2.75, 3.05) is 31.6 Å². The molecule has 0 bridgehead atoms. The minimum absolute atomic E-state index is 0.154. The number of hydrogen-bond donors (Lipinski definition) is 1. The molecule has 35 heavy (non-hydrogen) atoms. The Labute approximate surface area is 206 Å². The second kappa shape index (κ2) is 11.1. The summed E-state index contributed by atoms with van der Waals surface area (Å²) in [7, 11) is 0. The van der Waals surface area contributed by atoms with E-state index in [1.165, 1.54) is 11.1 Å². The van der Waals surface area contributed by atoms with Crippen LogP contribution in [0.5, 0.6) is 11.5 Å². The number of carbonyl (C=O) groups excluding carboxylic acids is 1. The van der Waals surface area contributed by atoms with Crippen molar-refractivity contribution in [1.82, 2.24) is 10.1 Å². The van der Waals surface area contributed by atoms with Crippen LogP contribution in [0.2, 0.25) is 0 Å². The zero-order valence-electron chi connectivity index (χ0n) is 20.8. The van der Waals surface area contributed by atoms with E-state index < -0.39 is 0 Å². The van der Waals surface area contributed by atoms with Gasteiger partial charge in [0.2, 0.25) is 5.88 Å². The lowest BCUT2D eigenvalue weighted by atomic mass is 9.91. The number of urea groups is 1. The molecule has 1 fully saturated rings. The number of anilines is 1. The molecule has 7 heteroatoms. The van der Waals surface area contributed by atoms with Crippen LogP contribution < -0.4 is 14.8 Å². The summed E-state index contributed by atoms with van der Waals surface area (Å²) in [4.78, 5) is 14.5. The first-order chi connectivity index (χ1) is 16.9. The molecule has 2 heterocycles. The van der Waals surface area contributed by atoms with Gasteiger partial charge in [0, 0.05) is 18.7 Å². The van der Waals surface area contributed by atoms with E-state index in [1.807, 2.05) is 68.1 Å². The van der Waals surface area contributed by atoms with Crippen LogP contribution in [-0.4, -0.2) is 42.4 Å². The largest absolute Gasteiger partial charge is 0.490 e. The van der Waals surface area contributed by atoms with Crippen molar-refractivity contribution in [3.05, 3.63) is 76.5 Å². The Morgan fingerprint density at radius 1 is 1.11 bits per heavy atom. The molecule has 1 atom stereocenters. The number of nitrogens with zero attached hydrogens (tertiary/aromatic N) is 2. The summed E-state index contributed by atoms with van der Waals surface area (Å²) in [6.45, 7) is 10.2. The van der Waals surface area contributed by atoms with E-state index in [1.54, 1.807) is 0 Å². The number of benzene rings is 2. The lowest BCUT2D eigenvalue weighted by Gasteiger charge is -2.33. The zero-order valence-corrected chi connectivity index (χ0v) is 20.8. The van der Waals surface area contributed by atoms with Crippen LogP contribution in [0.4, 0.5) is 10.7 Å². The third kappa shape index (κ3) is 6.44. The van der Waals surface area contributed by atoms with Gasteiger partial charge in [0.25, 0.3) is 0 Å². The number of aromatic nitrogens is 1. The van der Waals surface area contributed by atoms with E-state index in [0.717, 1.165) is 34.7 Å². The predicted octanol–water partition coefficient (Wildman–Crippen LogP) is 6.01. The molecule has 1 aliphatic heterocycles. The number of carbonyl (C=O) groups is 1. The zero-order chi connectivity index (χ0) is 24.8. The molecule has 2 amide bonds. The summed E-state index contributed by atoms with van der Waals surface area (Å²) in [6.07, 6.45) is 3.03. The Morgan fingerprint density at radius 3 is 2.49 bits per heavy atom. The summed E-state index contributed by atoms with van der Waals surface area (Å²) in [5.74, 6) is 2.34. The molecule has 7 nitrogen and oxygen atoms in total. The van der Waals surface area contributed by atoms with Gasteiger partial charge in [-0.25, -0.2) is 4.79 Å². The first-order valence-corrected chi connectivity index (χ1v) is 12.0. The van der Waals surface area contributed by atoms with Crippen molar-refractivity contribution in [2.24, 2.45) is 5.92 Å². The molecule has 0 spiro atoms. The molecule has 2 aromatic carbocycles. The maximum Gasteiger partial charge on any atom is 0.324 e. The quantitative estimate of drug-likeness (QED) is 0.423. The van der Waals surface area contributed by atoms with Crippen molar-refractivity contribution < 1.29 is 18.8 Å². The predicted molar refractivity (Wildman–Crippen MR) is 137 cm³/mol. The first-order valence-electron chi connectivity index (χ1n) is 12.0. The topological polar surface area (TPSA) is 76.8 Å². The van der Waals surface area contributed by atoms with E-state index in [-0.39, 0.29) is 11.9 Å². The van der Waals surface area contributed by atoms with Crippen molar-refractivity contribution in [2.45, 2.75) is 34.1 Å². The summed E-state index contributed by atoms with van der Waals surface area (Å²) in [5, 5.41) is 6.74. The molecule has 3 aromatic rings. The molecule has 1 aliphatic rings. The normalized spacial score (nSPS) is 16.9. The van der Waals surface area contributed by atoms with Gasteiger partial charge < -0.3 is 18.9 Å².